The topological polar surface area (TPSA) is 26.0 Å². The highest BCUT2D eigenvalue weighted by Crippen LogP contribution is 2.65. The maximum absolute atomic E-state index is 6.24. The molecule has 1 nitrogen and oxygen atoms in total. The maximum atomic E-state index is 6.24. The molecular formula is C12H15Cl2N. The van der Waals surface area contributed by atoms with Crippen molar-refractivity contribution in [3.05, 3.63) is 33.8 Å². The zero-order valence-corrected chi connectivity index (χ0v) is 10.5. The van der Waals surface area contributed by atoms with E-state index in [1.54, 1.807) is 0 Å². The average molecular weight is 244 g/mol. The molecule has 82 valence electrons. The molecule has 3 heteroatoms. The Balaban J connectivity index is 2.51. The second kappa shape index (κ2) is 3.38. The first-order valence-corrected chi connectivity index (χ1v) is 5.85. The van der Waals surface area contributed by atoms with Gasteiger partial charge in [-0.2, -0.15) is 0 Å². The van der Waals surface area contributed by atoms with Crippen LogP contribution in [0.25, 0.3) is 0 Å². The van der Waals surface area contributed by atoms with Gasteiger partial charge >= 0.3 is 0 Å². The molecule has 0 bridgehead atoms. The lowest BCUT2D eigenvalue weighted by Crippen LogP contribution is -2.25. The SMILES string of the molecule is CC1(C)CC1(CN)c1cccc(Cl)c1Cl. The number of halogens is 2. The molecule has 1 fully saturated rings. The third-order valence-corrected chi connectivity index (χ3v) is 4.55. The minimum Gasteiger partial charge on any atom is -0.330 e. The molecule has 1 aromatic rings. The van der Waals surface area contributed by atoms with Crippen LogP contribution in [0, 0.1) is 5.41 Å². The van der Waals surface area contributed by atoms with Gasteiger partial charge in [-0.25, -0.2) is 0 Å². The first-order chi connectivity index (χ1) is 6.94. The van der Waals surface area contributed by atoms with Crippen LogP contribution in [0.2, 0.25) is 10.0 Å². The Hall–Kier alpha value is -0.240. The molecule has 0 amide bonds. The zero-order valence-electron chi connectivity index (χ0n) is 8.98. The first kappa shape index (κ1) is 11.3. The summed E-state index contributed by atoms with van der Waals surface area (Å²) in [4.78, 5) is 0. The van der Waals surface area contributed by atoms with Gasteiger partial charge < -0.3 is 5.73 Å². The van der Waals surface area contributed by atoms with Crippen LogP contribution in [0.5, 0.6) is 0 Å². The molecule has 0 saturated heterocycles. The highest BCUT2D eigenvalue weighted by Gasteiger charge is 2.61. The predicted octanol–water partition coefficient (Wildman–Crippen LogP) is 3.62. The van der Waals surface area contributed by atoms with E-state index < -0.39 is 0 Å². The van der Waals surface area contributed by atoms with Gasteiger partial charge in [0.25, 0.3) is 0 Å². The van der Waals surface area contributed by atoms with E-state index in [9.17, 15) is 0 Å². The van der Waals surface area contributed by atoms with Gasteiger partial charge in [0, 0.05) is 12.0 Å². The van der Waals surface area contributed by atoms with Crippen molar-refractivity contribution in [2.24, 2.45) is 11.1 Å². The van der Waals surface area contributed by atoms with E-state index in [1.165, 1.54) is 0 Å². The van der Waals surface area contributed by atoms with Crippen LogP contribution in [0.3, 0.4) is 0 Å². The van der Waals surface area contributed by atoms with E-state index >= 15 is 0 Å². The Labute approximate surface area is 101 Å². The van der Waals surface area contributed by atoms with Crippen molar-refractivity contribution >= 4 is 23.2 Å². The van der Waals surface area contributed by atoms with E-state index in [0.717, 1.165) is 12.0 Å². The van der Waals surface area contributed by atoms with Crippen molar-refractivity contribution in [1.82, 2.24) is 0 Å². The van der Waals surface area contributed by atoms with Crippen LogP contribution in [-0.2, 0) is 5.41 Å². The average Bonchev–Trinajstić information content (AvgIpc) is 2.74. The quantitative estimate of drug-likeness (QED) is 0.844. The van der Waals surface area contributed by atoms with Gasteiger partial charge in [0.1, 0.15) is 0 Å². The Morgan fingerprint density at radius 3 is 2.40 bits per heavy atom. The van der Waals surface area contributed by atoms with Crippen LogP contribution < -0.4 is 5.73 Å². The molecule has 1 aliphatic carbocycles. The summed E-state index contributed by atoms with van der Waals surface area (Å²) in [6.45, 7) is 5.06. The van der Waals surface area contributed by atoms with Crippen molar-refractivity contribution in [3.8, 4) is 0 Å². The highest BCUT2D eigenvalue weighted by atomic mass is 35.5. The van der Waals surface area contributed by atoms with Crippen molar-refractivity contribution in [2.75, 3.05) is 6.54 Å². The van der Waals surface area contributed by atoms with Crippen molar-refractivity contribution in [1.29, 1.82) is 0 Å². The Bertz CT molecular complexity index is 401. The summed E-state index contributed by atoms with van der Waals surface area (Å²) in [5.74, 6) is 0. The van der Waals surface area contributed by atoms with Gasteiger partial charge in [0.05, 0.1) is 10.0 Å². The molecule has 2 rings (SSSR count). The Morgan fingerprint density at radius 2 is 1.93 bits per heavy atom. The maximum Gasteiger partial charge on any atom is 0.0630 e. The number of benzene rings is 1. The lowest BCUT2D eigenvalue weighted by Gasteiger charge is -2.20. The van der Waals surface area contributed by atoms with Crippen molar-refractivity contribution < 1.29 is 0 Å². The normalized spacial score (nSPS) is 27.8. The third-order valence-electron chi connectivity index (χ3n) is 3.73. The van der Waals surface area contributed by atoms with E-state index in [4.69, 9.17) is 28.9 Å². The third kappa shape index (κ3) is 1.49. The summed E-state index contributed by atoms with van der Waals surface area (Å²) in [5.41, 5.74) is 7.25. The van der Waals surface area contributed by atoms with Gasteiger partial charge in [0.2, 0.25) is 0 Å². The second-order valence-corrected chi connectivity index (χ2v) is 5.73. The van der Waals surface area contributed by atoms with Crippen LogP contribution in [0.4, 0.5) is 0 Å². The molecule has 1 unspecified atom stereocenters. The molecule has 1 aromatic carbocycles. The molecule has 0 heterocycles. The molecule has 15 heavy (non-hydrogen) atoms. The minimum absolute atomic E-state index is 0.0228. The van der Waals surface area contributed by atoms with Gasteiger partial charge in [-0.15, -0.1) is 0 Å². The summed E-state index contributed by atoms with van der Waals surface area (Å²) in [6.07, 6.45) is 1.08. The smallest absolute Gasteiger partial charge is 0.0630 e. The fraction of sp³-hybridized carbons (Fsp3) is 0.500. The molecule has 0 aliphatic heterocycles. The van der Waals surface area contributed by atoms with Gasteiger partial charge in [0.15, 0.2) is 0 Å². The van der Waals surface area contributed by atoms with Crippen molar-refractivity contribution in [3.63, 3.8) is 0 Å². The summed E-state index contributed by atoms with van der Waals surface area (Å²) in [7, 11) is 0. The van der Waals surface area contributed by atoms with Gasteiger partial charge in [-0.05, 0) is 23.5 Å². The standard InChI is InChI=1S/C12H15Cl2N/c1-11(2)6-12(11,7-15)8-4-3-5-9(13)10(8)14/h3-5H,6-7,15H2,1-2H3. The summed E-state index contributed by atoms with van der Waals surface area (Å²) >= 11 is 12.3. The summed E-state index contributed by atoms with van der Waals surface area (Å²) in [5, 5.41) is 1.28. The molecule has 1 saturated carbocycles. The first-order valence-electron chi connectivity index (χ1n) is 5.09. The van der Waals surface area contributed by atoms with Crippen LogP contribution in [0.15, 0.2) is 18.2 Å². The molecule has 0 aromatic heterocycles. The number of hydrogen-bond acceptors (Lipinski definition) is 1. The second-order valence-electron chi connectivity index (χ2n) is 4.95. The number of hydrogen-bond donors (Lipinski definition) is 1. The lowest BCUT2D eigenvalue weighted by atomic mass is 9.88. The fourth-order valence-corrected chi connectivity index (χ4v) is 2.98. The predicted molar refractivity (Wildman–Crippen MR) is 65.6 cm³/mol. The Kier molecular flexibility index (Phi) is 2.53. The summed E-state index contributed by atoms with van der Waals surface area (Å²) < 4.78 is 0. The molecular weight excluding hydrogens is 229 g/mol. The van der Waals surface area contributed by atoms with E-state index in [0.29, 0.717) is 16.6 Å². The Morgan fingerprint density at radius 1 is 1.33 bits per heavy atom. The zero-order chi connectivity index (χ0) is 11.3. The largest absolute Gasteiger partial charge is 0.330 e. The highest BCUT2D eigenvalue weighted by molar-refractivity contribution is 6.42. The number of rotatable bonds is 2. The summed E-state index contributed by atoms with van der Waals surface area (Å²) in [6, 6.07) is 5.79. The molecule has 0 radical (unpaired) electrons. The van der Waals surface area contributed by atoms with E-state index in [2.05, 4.69) is 13.8 Å². The minimum atomic E-state index is 0.0228. The van der Waals surface area contributed by atoms with Crippen molar-refractivity contribution in [2.45, 2.75) is 25.7 Å². The number of nitrogens with two attached hydrogens (primary N) is 1. The van der Waals surface area contributed by atoms with Crippen LogP contribution in [-0.4, -0.2) is 6.54 Å². The molecule has 2 N–H and O–H groups in total. The lowest BCUT2D eigenvalue weighted by molar-refractivity contribution is 0.503. The van der Waals surface area contributed by atoms with Crippen LogP contribution in [0.1, 0.15) is 25.8 Å². The van der Waals surface area contributed by atoms with Gasteiger partial charge in [-0.1, -0.05) is 49.2 Å². The molecule has 1 atom stereocenters. The molecule has 0 spiro atoms. The monoisotopic (exact) mass is 243 g/mol. The van der Waals surface area contributed by atoms with Crippen LogP contribution >= 0.6 is 23.2 Å². The molecule has 1 aliphatic rings. The fourth-order valence-electron chi connectivity index (χ4n) is 2.50. The van der Waals surface area contributed by atoms with Gasteiger partial charge in [-0.3, -0.25) is 0 Å². The van der Waals surface area contributed by atoms with E-state index in [1.807, 2.05) is 18.2 Å². The van der Waals surface area contributed by atoms with E-state index in [-0.39, 0.29) is 10.8 Å².